The zero-order chi connectivity index (χ0) is 11.1. The molecule has 1 aromatic rings. The van der Waals surface area contributed by atoms with Gasteiger partial charge >= 0.3 is 0 Å². The minimum absolute atomic E-state index is 0.00551. The van der Waals surface area contributed by atoms with E-state index in [-0.39, 0.29) is 11.6 Å². The maximum atomic E-state index is 11.3. The normalized spacial score (nSPS) is 10.5. The molecule has 0 atom stereocenters. The number of hydrogen-bond donors (Lipinski definition) is 0. The van der Waals surface area contributed by atoms with Gasteiger partial charge in [0, 0.05) is 6.42 Å². The SMILES string of the molecule is CC(=O)/C=C/C(=O)CCc1ccccc1. The highest BCUT2D eigenvalue weighted by molar-refractivity contribution is 5.97. The highest BCUT2D eigenvalue weighted by Gasteiger charge is 1.98. The first kappa shape index (κ1) is 11.4. The molecule has 78 valence electrons. The first-order valence-electron chi connectivity index (χ1n) is 4.94. The van der Waals surface area contributed by atoms with Gasteiger partial charge < -0.3 is 0 Å². The van der Waals surface area contributed by atoms with Crippen molar-refractivity contribution in [1.29, 1.82) is 0 Å². The van der Waals surface area contributed by atoms with Crippen molar-refractivity contribution in [2.75, 3.05) is 0 Å². The van der Waals surface area contributed by atoms with Crippen molar-refractivity contribution in [1.82, 2.24) is 0 Å². The van der Waals surface area contributed by atoms with Crippen LogP contribution in [0.4, 0.5) is 0 Å². The van der Waals surface area contributed by atoms with Gasteiger partial charge in [-0.25, -0.2) is 0 Å². The van der Waals surface area contributed by atoms with Crippen LogP contribution in [0.15, 0.2) is 42.5 Å². The quantitative estimate of drug-likeness (QED) is 0.687. The molecule has 0 spiro atoms. The van der Waals surface area contributed by atoms with E-state index in [0.29, 0.717) is 6.42 Å². The van der Waals surface area contributed by atoms with Crippen LogP contribution < -0.4 is 0 Å². The summed E-state index contributed by atoms with van der Waals surface area (Å²) < 4.78 is 0. The predicted molar refractivity (Wildman–Crippen MR) is 59.6 cm³/mol. The second-order valence-corrected chi connectivity index (χ2v) is 3.40. The zero-order valence-corrected chi connectivity index (χ0v) is 8.77. The summed E-state index contributed by atoms with van der Waals surface area (Å²) in [7, 11) is 0. The van der Waals surface area contributed by atoms with Crippen LogP contribution in [-0.2, 0) is 16.0 Å². The maximum Gasteiger partial charge on any atom is 0.156 e. The molecule has 0 aliphatic heterocycles. The number of hydrogen-bond acceptors (Lipinski definition) is 2. The van der Waals surface area contributed by atoms with Crippen LogP contribution >= 0.6 is 0 Å². The molecule has 2 nitrogen and oxygen atoms in total. The summed E-state index contributed by atoms with van der Waals surface area (Å²) in [5.74, 6) is -0.0999. The van der Waals surface area contributed by atoms with E-state index in [9.17, 15) is 9.59 Å². The van der Waals surface area contributed by atoms with Crippen LogP contribution in [0.2, 0.25) is 0 Å². The van der Waals surface area contributed by atoms with Crippen LogP contribution in [0, 0.1) is 0 Å². The molecular formula is C13H14O2. The molecule has 1 rings (SSSR count). The standard InChI is InChI=1S/C13H14O2/c1-11(14)7-9-13(15)10-8-12-5-3-2-4-6-12/h2-7,9H,8,10H2,1H3/b9-7+. The number of ketones is 2. The second-order valence-electron chi connectivity index (χ2n) is 3.40. The Hall–Kier alpha value is -1.70. The number of carbonyl (C=O) groups excluding carboxylic acids is 2. The molecule has 1 aromatic carbocycles. The van der Waals surface area contributed by atoms with E-state index in [4.69, 9.17) is 0 Å². The van der Waals surface area contributed by atoms with Gasteiger partial charge in [-0.15, -0.1) is 0 Å². The molecule has 0 unspecified atom stereocenters. The number of rotatable bonds is 5. The Morgan fingerprint density at radius 3 is 2.40 bits per heavy atom. The van der Waals surface area contributed by atoms with E-state index >= 15 is 0 Å². The van der Waals surface area contributed by atoms with E-state index in [1.807, 2.05) is 30.3 Å². The fourth-order valence-corrected chi connectivity index (χ4v) is 1.21. The monoisotopic (exact) mass is 202 g/mol. The number of carbonyl (C=O) groups is 2. The third-order valence-electron chi connectivity index (χ3n) is 2.01. The molecule has 0 N–H and O–H groups in total. The Kier molecular flexibility index (Phi) is 4.48. The Balaban J connectivity index is 2.38. The Morgan fingerprint density at radius 2 is 1.80 bits per heavy atom. The van der Waals surface area contributed by atoms with Gasteiger partial charge in [0.15, 0.2) is 11.6 Å². The average molecular weight is 202 g/mol. The Bertz CT molecular complexity index is 363. The average Bonchev–Trinajstić information content (AvgIpc) is 2.25. The molecule has 0 bridgehead atoms. The van der Waals surface area contributed by atoms with Crippen LogP contribution in [0.25, 0.3) is 0 Å². The van der Waals surface area contributed by atoms with Crippen molar-refractivity contribution in [2.45, 2.75) is 19.8 Å². The minimum Gasteiger partial charge on any atom is -0.295 e. The van der Waals surface area contributed by atoms with E-state index in [0.717, 1.165) is 12.0 Å². The zero-order valence-electron chi connectivity index (χ0n) is 8.77. The maximum absolute atomic E-state index is 11.3. The fourth-order valence-electron chi connectivity index (χ4n) is 1.21. The van der Waals surface area contributed by atoms with Gasteiger partial charge in [-0.05, 0) is 31.1 Å². The van der Waals surface area contributed by atoms with Crippen molar-refractivity contribution in [2.24, 2.45) is 0 Å². The minimum atomic E-state index is -0.0944. The van der Waals surface area contributed by atoms with Gasteiger partial charge in [0.2, 0.25) is 0 Å². The summed E-state index contributed by atoms with van der Waals surface area (Å²) in [6.07, 6.45) is 3.84. The molecule has 0 aliphatic rings. The molecule has 0 saturated carbocycles. The van der Waals surface area contributed by atoms with Crippen molar-refractivity contribution >= 4 is 11.6 Å². The van der Waals surface area contributed by atoms with Crippen molar-refractivity contribution in [3.05, 3.63) is 48.0 Å². The van der Waals surface area contributed by atoms with Crippen LogP contribution in [-0.4, -0.2) is 11.6 Å². The number of aryl methyl sites for hydroxylation is 1. The highest BCUT2D eigenvalue weighted by Crippen LogP contribution is 2.03. The van der Waals surface area contributed by atoms with Crippen molar-refractivity contribution in [3.8, 4) is 0 Å². The van der Waals surface area contributed by atoms with Crippen LogP contribution in [0.1, 0.15) is 18.9 Å². The second kappa shape index (κ2) is 5.91. The largest absolute Gasteiger partial charge is 0.295 e. The van der Waals surface area contributed by atoms with Gasteiger partial charge in [-0.3, -0.25) is 9.59 Å². The van der Waals surface area contributed by atoms with Gasteiger partial charge in [0.25, 0.3) is 0 Å². The summed E-state index contributed by atoms with van der Waals surface area (Å²) in [6.45, 7) is 1.43. The first-order chi connectivity index (χ1) is 7.18. The lowest BCUT2D eigenvalue weighted by molar-refractivity contribution is -0.116. The molecular weight excluding hydrogens is 188 g/mol. The summed E-state index contributed by atoms with van der Waals surface area (Å²) in [5.41, 5.74) is 1.14. The molecule has 15 heavy (non-hydrogen) atoms. The number of allylic oxidation sites excluding steroid dienone is 2. The van der Waals surface area contributed by atoms with Crippen LogP contribution in [0.3, 0.4) is 0 Å². The summed E-state index contributed by atoms with van der Waals surface area (Å²) in [6, 6.07) is 9.82. The van der Waals surface area contributed by atoms with Crippen LogP contribution in [0.5, 0.6) is 0 Å². The third-order valence-corrected chi connectivity index (χ3v) is 2.01. The molecule has 0 amide bonds. The molecule has 0 aromatic heterocycles. The van der Waals surface area contributed by atoms with E-state index in [1.165, 1.54) is 19.1 Å². The topological polar surface area (TPSA) is 34.1 Å². The fraction of sp³-hybridized carbons (Fsp3) is 0.231. The molecule has 0 saturated heterocycles. The van der Waals surface area contributed by atoms with E-state index in [1.54, 1.807) is 0 Å². The van der Waals surface area contributed by atoms with Gasteiger partial charge in [0.05, 0.1) is 0 Å². The summed E-state index contributed by atoms with van der Waals surface area (Å²) in [4.78, 5) is 21.9. The van der Waals surface area contributed by atoms with Crippen molar-refractivity contribution < 1.29 is 9.59 Å². The Morgan fingerprint density at radius 1 is 1.13 bits per heavy atom. The summed E-state index contributed by atoms with van der Waals surface area (Å²) in [5, 5.41) is 0. The molecule has 0 fully saturated rings. The van der Waals surface area contributed by atoms with E-state index in [2.05, 4.69) is 0 Å². The lowest BCUT2D eigenvalue weighted by Crippen LogP contribution is -1.97. The molecule has 0 heterocycles. The van der Waals surface area contributed by atoms with Gasteiger partial charge in [-0.2, -0.15) is 0 Å². The number of benzene rings is 1. The molecule has 0 radical (unpaired) electrons. The van der Waals surface area contributed by atoms with Crippen molar-refractivity contribution in [3.63, 3.8) is 0 Å². The third kappa shape index (κ3) is 4.91. The smallest absolute Gasteiger partial charge is 0.156 e. The van der Waals surface area contributed by atoms with E-state index < -0.39 is 0 Å². The predicted octanol–water partition coefficient (Wildman–Crippen LogP) is 2.33. The first-order valence-corrected chi connectivity index (χ1v) is 4.94. The highest BCUT2D eigenvalue weighted by atomic mass is 16.1. The Labute approximate surface area is 89.6 Å². The van der Waals surface area contributed by atoms with Gasteiger partial charge in [0.1, 0.15) is 0 Å². The lowest BCUT2D eigenvalue weighted by atomic mass is 10.1. The van der Waals surface area contributed by atoms with Gasteiger partial charge in [-0.1, -0.05) is 30.3 Å². The molecule has 2 heteroatoms. The molecule has 0 aliphatic carbocycles. The summed E-state index contributed by atoms with van der Waals surface area (Å²) >= 11 is 0. The lowest BCUT2D eigenvalue weighted by Gasteiger charge is -1.97.